The van der Waals surface area contributed by atoms with Crippen LogP contribution in [0, 0.1) is 12.7 Å². The van der Waals surface area contributed by atoms with E-state index in [1.165, 1.54) is 6.07 Å². The number of aliphatic imine (C=N–C) groups is 1. The summed E-state index contributed by atoms with van der Waals surface area (Å²) in [4.78, 5) is 30.4. The molecule has 7 heteroatoms. The molecule has 0 aliphatic heterocycles. The second-order valence-electron chi connectivity index (χ2n) is 8.32. The van der Waals surface area contributed by atoms with Crippen LogP contribution < -0.4 is 5.32 Å². The number of carbonyl (C=O) groups excluding carboxylic acids is 2. The minimum absolute atomic E-state index is 0.182. The number of benzene rings is 1. The maximum Gasteiger partial charge on any atom is 0.408 e. The van der Waals surface area contributed by atoms with Gasteiger partial charge in [0.05, 0.1) is 11.2 Å². The van der Waals surface area contributed by atoms with Crippen molar-refractivity contribution in [2.75, 3.05) is 13.1 Å². The Balaban J connectivity index is 2.81. The maximum absolute atomic E-state index is 13.4. The molecule has 0 fully saturated rings. The van der Waals surface area contributed by atoms with Crippen LogP contribution in [0.2, 0.25) is 0 Å². The fraction of sp³-hybridized carbons (Fsp3) is 0.500. The molecule has 0 saturated heterocycles. The Kier molecular flexibility index (Phi) is 8.12. The zero-order chi connectivity index (χ0) is 22.4. The molecule has 1 N–H and O–H groups in total. The van der Waals surface area contributed by atoms with Crippen LogP contribution in [0.5, 0.6) is 0 Å². The third-order valence-corrected chi connectivity index (χ3v) is 4.12. The summed E-state index contributed by atoms with van der Waals surface area (Å²) in [5.74, 6) is -0.552. The van der Waals surface area contributed by atoms with Crippen molar-refractivity contribution in [1.29, 1.82) is 0 Å². The van der Waals surface area contributed by atoms with E-state index in [0.29, 0.717) is 23.4 Å². The Bertz CT molecular complexity index is 795. The highest BCUT2D eigenvalue weighted by Gasteiger charge is 2.28. The van der Waals surface area contributed by atoms with Gasteiger partial charge in [-0.3, -0.25) is 9.79 Å². The van der Waals surface area contributed by atoms with Crippen molar-refractivity contribution < 1.29 is 18.7 Å². The van der Waals surface area contributed by atoms with Crippen LogP contribution in [0.4, 0.5) is 9.18 Å². The number of carbonyl (C=O) groups is 2. The Labute approximate surface area is 172 Å². The van der Waals surface area contributed by atoms with Gasteiger partial charge >= 0.3 is 6.09 Å². The zero-order valence-electron chi connectivity index (χ0n) is 18.4. The van der Waals surface area contributed by atoms with Gasteiger partial charge in [-0.2, -0.15) is 0 Å². The van der Waals surface area contributed by atoms with E-state index in [-0.39, 0.29) is 18.3 Å². The van der Waals surface area contributed by atoms with Gasteiger partial charge in [-0.1, -0.05) is 6.58 Å². The van der Waals surface area contributed by atoms with E-state index in [1.54, 1.807) is 50.9 Å². The first-order valence-corrected chi connectivity index (χ1v) is 9.55. The molecule has 29 heavy (non-hydrogen) atoms. The van der Waals surface area contributed by atoms with E-state index < -0.39 is 17.2 Å². The van der Waals surface area contributed by atoms with E-state index in [2.05, 4.69) is 16.9 Å². The molecule has 1 aromatic rings. The summed E-state index contributed by atoms with van der Waals surface area (Å²) < 4.78 is 18.6. The zero-order valence-corrected chi connectivity index (χ0v) is 18.4. The highest BCUT2D eigenvalue weighted by molar-refractivity contribution is 5.87. The lowest BCUT2D eigenvalue weighted by Crippen LogP contribution is -2.52. The lowest BCUT2D eigenvalue weighted by molar-refractivity contribution is -0.133. The van der Waals surface area contributed by atoms with Gasteiger partial charge in [0, 0.05) is 12.8 Å². The number of nitrogens with one attached hydrogen (secondary N) is 1. The predicted octanol–water partition coefficient (Wildman–Crippen LogP) is 4.33. The molecule has 0 radical (unpaired) electrons. The van der Waals surface area contributed by atoms with E-state index >= 15 is 0 Å². The molecule has 0 saturated carbocycles. The molecule has 0 heterocycles. The molecule has 6 nitrogen and oxygen atoms in total. The van der Waals surface area contributed by atoms with Gasteiger partial charge in [-0.15, -0.1) is 0 Å². The fourth-order valence-electron chi connectivity index (χ4n) is 2.67. The van der Waals surface area contributed by atoms with Crippen LogP contribution in [0.1, 0.15) is 52.7 Å². The third kappa shape index (κ3) is 7.68. The van der Waals surface area contributed by atoms with E-state index in [4.69, 9.17) is 4.74 Å². The van der Waals surface area contributed by atoms with Gasteiger partial charge in [-0.05, 0) is 77.8 Å². The van der Waals surface area contributed by atoms with Crippen LogP contribution >= 0.6 is 0 Å². The molecule has 0 spiro atoms. The molecule has 1 rings (SSSR count). The normalized spacial score (nSPS) is 12.0. The van der Waals surface area contributed by atoms with E-state index in [0.717, 1.165) is 0 Å². The van der Waals surface area contributed by atoms with Gasteiger partial charge in [0.25, 0.3) is 0 Å². The molecule has 0 aliphatic rings. The number of ether oxygens (including phenoxy) is 1. The molecule has 0 aromatic heterocycles. The highest BCUT2D eigenvalue weighted by atomic mass is 19.1. The molecule has 1 aromatic carbocycles. The molecule has 2 amide bonds. The summed E-state index contributed by atoms with van der Waals surface area (Å²) in [7, 11) is 0. The summed E-state index contributed by atoms with van der Waals surface area (Å²) in [6, 6.07) is 4.67. The Morgan fingerprint density at radius 2 is 1.90 bits per heavy atom. The maximum atomic E-state index is 13.4. The van der Waals surface area contributed by atoms with Gasteiger partial charge in [0.15, 0.2) is 0 Å². The number of halogens is 1. The first-order valence-electron chi connectivity index (χ1n) is 9.55. The molecule has 160 valence electrons. The monoisotopic (exact) mass is 405 g/mol. The average molecular weight is 406 g/mol. The third-order valence-electron chi connectivity index (χ3n) is 4.12. The van der Waals surface area contributed by atoms with Crippen molar-refractivity contribution in [3.8, 4) is 0 Å². The van der Waals surface area contributed by atoms with E-state index in [9.17, 15) is 14.0 Å². The topological polar surface area (TPSA) is 71.0 Å². The fourth-order valence-corrected chi connectivity index (χ4v) is 2.67. The van der Waals surface area contributed by atoms with Gasteiger partial charge in [0.1, 0.15) is 18.0 Å². The van der Waals surface area contributed by atoms with Gasteiger partial charge in [-0.25, -0.2) is 9.18 Å². The Morgan fingerprint density at radius 3 is 2.41 bits per heavy atom. The lowest BCUT2D eigenvalue weighted by atomic mass is 10.0. The first-order chi connectivity index (χ1) is 13.3. The number of aryl methyl sites for hydroxylation is 1. The van der Waals surface area contributed by atoms with Crippen LogP contribution in [0.3, 0.4) is 0 Å². The van der Waals surface area contributed by atoms with Crippen LogP contribution in [0.15, 0.2) is 29.8 Å². The SMILES string of the molecule is C=C(N=CC(C)(C)N(CC)C(=O)CNC(=O)OC(C)(C)C)c1ccc(F)c(C)c1. The number of likely N-dealkylation sites (N-methyl/N-ethyl adjacent to an activating group) is 1. The van der Waals surface area contributed by atoms with Gasteiger partial charge in [0.2, 0.25) is 5.91 Å². The summed E-state index contributed by atoms with van der Waals surface area (Å²) in [5.41, 5.74) is 0.326. The number of nitrogens with zero attached hydrogens (tertiary/aromatic N) is 2. The lowest BCUT2D eigenvalue weighted by Gasteiger charge is -2.35. The Hall–Kier alpha value is -2.70. The quantitative estimate of drug-likeness (QED) is 0.687. The average Bonchev–Trinajstić information content (AvgIpc) is 2.59. The predicted molar refractivity (Wildman–Crippen MR) is 114 cm³/mol. The van der Waals surface area contributed by atoms with Crippen molar-refractivity contribution in [3.63, 3.8) is 0 Å². The standard InChI is InChI=1S/C22H32FN3O3/c1-9-26(19(27)13-24-20(28)29-21(4,5)6)22(7,8)14-25-16(3)17-10-11-18(23)15(2)12-17/h10-12,14H,3,9,13H2,1-2,4-8H3,(H,24,28). The van der Waals surface area contributed by atoms with Crippen molar-refractivity contribution in [1.82, 2.24) is 10.2 Å². The number of amides is 2. The first kappa shape index (κ1) is 24.3. The van der Waals surface area contributed by atoms with Crippen molar-refractivity contribution >= 4 is 23.9 Å². The van der Waals surface area contributed by atoms with Crippen molar-refractivity contribution in [2.24, 2.45) is 4.99 Å². The number of hydrogen-bond acceptors (Lipinski definition) is 4. The van der Waals surface area contributed by atoms with Crippen molar-refractivity contribution in [3.05, 3.63) is 41.7 Å². The number of hydrogen-bond donors (Lipinski definition) is 1. The number of alkyl carbamates (subject to hydrolysis) is 1. The van der Waals surface area contributed by atoms with Gasteiger partial charge < -0.3 is 15.0 Å². The van der Waals surface area contributed by atoms with Crippen LogP contribution in [-0.2, 0) is 9.53 Å². The minimum Gasteiger partial charge on any atom is -0.444 e. The molecule has 0 bridgehead atoms. The molecular formula is C22H32FN3O3. The number of rotatable bonds is 7. The molecule has 0 aliphatic carbocycles. The molecule has 0 unspecified atom stereocenters. The molecular weight excluding hydrogens is 373 g/mol. The minimum atomic E-state index is -0.723. The summed E-state index contributed by atoms with van der Waals surface area (Å²) in [6.45, 7) is 16.6. The van der Waals surface area contributed by atoms with E-state index in [1.807, 2.05) is 20.8 Å². The molecule has 0 atom stereocenters. The van der Waals surface area contributed by atoms with Crippen molar-refractivity contribution in [2.45, 2.75) is 59.6 Å². The van der Waals surface area contributed by atoms with Crippen LogP contribution in [0.25, 0.3) is 5.70 Å². The summed E-state index contributed by atoms with van der Waals surface area (Å²) >= 11 is 0. The van der Waals surface area contributed by atoms with Crippen LogP contribution in [-0.4, -0.2) is 47.3 Å². The second kappa shape index (κ2) is 9.67. The second-order valence-corrected chi connectivity index (χ2v) is 8.32. The summed E-state index contributed by atoms with van der Waals surface area (Å²) in [6.07, 6.45) is 0.983. The largest absolute Gasteiger partial charge is 0.444 e. The highest BCUT2D eigenvalue weighted by Crippen LogP contribution is 2.19. The smallest absolute Gasteiger partial charge is 0.408 e. The summed E-state index contributed by atoms with van der Waals surface area (Å²) in [5, 5.41) is 2.48. The Morgan fingerprint density at radius 1 is 1.28 bits per heavy atom.